The number of amides is 1. The van der Waals surface area contributed by atoms with Gasteiger partial charge in [0.2, 0.25) is 11.7 Å². The fourth-order valence-corrected chi connectivity index (χ4v) is 2.14. The van der Waals surface area contributed by atoms with Gasteiger partial charge in [0.1, 0.15) is 0 Å². The van der Waals surface area contributed by atoms with Crippen molar-refractivity contribution in [2.24, 2.45) is 0 Å². The first-order valence-corrected chi connectivity index (χ1v) is 7.68. The highest BCUT2D eigenvalue weighted by Gasteiger charge is 2.14. The lowest BCUT2D eigenvalue weighted by Crippen LogP contribution is -2.30. The molecule has 1 aromatic heterocycles. The molecule has 8 heteroatoms. The molecule has 8 nitrogen and oxygen atoms in total. The minimum Gasteiger partial charge on any atom is -0.493 e. The van der Waals surface area contributed by atoms with Gasteiger partial charge in [0, 0.05) is 36.3 Å². The van der Waals surface area contributed by atoms with Crippen LogP contribution in [0, 0.1) is 0 Å². The van der Waals surface area contributed by atoms with Gasteiger partial charge >= 0.3 is 0 Å². The third-order valence-corrected chi connectivity index (χ3v) is 3.25. The lowest BCUT2D eigenvalue weighted by Gasteiger charge is -2.14. The number of carbonyl (C=O) groups is 1. The van der Waals surface area contributed by atoms with Crippen molar-refractivity contribution in [3.05, 3.63) is 30.1 Å². The molecule has 0 aliphatic rings. The van der Waals surface area contributed by atoms with Gasteiger partial charge in [-0.3, -0.25) is 4.79 Å². The fraction of sp³-hybridized carbons (Fsp3) is 0.353. The van der Waals surface area contributed by atoms with E-state index in [1.165, 1.54) is 19.5 Å². The number of hydrogen-bond acceptors (Lipinski definition) is 7. The van der Waals surface area contributed by atoms with E-state index in [-0.39, 0.29) is 11.9 Å². The van der Waals surface area contributed by atoms with Crippen molar-refractivity contribution in [2.75, 3.05) is 26.6 Å². The minimum atomic E-state index is -0.214. The Balaban J connectivity index is 2.21. The normalized spacial score (nSPS) is 10.3. The average molecular weight is 346 g/mol. The van der Waals surface area contributed by atoms with Crippen LogP contribution in [-0.4, -0.2) is 43.2 Å². The van der Waals surface area contributed by atoms with Crippen LogP contribution in [0.1, 0.15) is 24.2 Å². The SMILES string of the molecule is COc1cc(Nc2ncc(C(=O)NC(C)C)cn2)cc(OC)c1OC. The molecule has 0 aliphatic carbocycles. The van der Waals surface area contributed by atoms with Crippen LogP contribution in [-0.2, 0) is 0 Å². The van der Waals surface area contributed by atoms with Crippen molar-refractivity contribution < 1.29 is 19.0 Å². The summed E-state index contributed by atoms with van der Waals surface area (Å²) >= 11 is 0. The maximum absolute atomic E-state index is 11.9. The van der Waals surface area contributed by atoms with Crippen LogP contribution in [0.5, 0.6) is 17.2 Å². The maximum Gasteiger partial charge on any atom is 0.254 e. The molecular weight excluding hydrogens is 324 g/mol. The molecule has 2 rings (SSSR count). The molecule has 0 fully saturated rings. The Morgan fingerprint density at radius 3 is 2.00 bits per heavy atom. The van der Waals surface area contributed by atoms with Crippen LogP contribution in [0.2, 0.25) is 0 Å². The number of nitrogens with zero attached hydrogens (tertiary/aromatic N) is 2. The molecule has 1 amide bonds. The van der Waals surface area contributed by atoms with E-state index < -0.39 is 0 Å². The number of methoxy groups -OCH3 is 3. The molecule has 0 saturated carbocycles. The second kappa shape index (κ2) is 8.18. The molecule has 2 N–H and O–H groups in total. The zero-order valence-electron chi connectivity index (χ0n) is 14.9. The number of ether oxygens (including phenoxy) is 3. The minimum absolute atomic E-state index is 0.0459. The summed E-state index contributed by atoms with van der Waals surface area (Å²) < 4.78 is 15.9. The van der Waals surface area contributed by atoms with Crippen molar-refractivity contribution in [3.8, 4) is 17.2 Å². The quantitative estimate of drug-likeness (QED) is 0.795. The van der Waals surface area contributed by atoms with Gasteiger partial charge in [0.15, 0.2) is 11.5 Å². The van der Waals surface area contributed by atoms with Gasteiger partial charge in [-0.25, -0.2) is 9.97 Å². The summed E-state index contributed by atoms with van der Waals surface area (Å²) in [6, 6.07) is 3.53. The lowest BCUT2D eigenvalue weighted by molar-refractivity contribution is 0.0942. The first-order chi connectivity index (χ1) is 12.0. The highest BCUT2D eigenvalue weighted by atomic mass is 16.5. The predicted molar refractivity (Wildman–Crippen MR) is 94.0 cm³/mol. The van der Waals surface area contributed by atoms with E-state index >= 15 is 0 Å². The topological polar surface area (TPSA) is 94.6 Å². The van der Waals surface area contributed by atoms with Gasteiger partial charge in [0.05, 0.1) is 26.9 Å². The van der Waals surface area contributed by atoms with Gasteiger partial charge in [-0.05, 0) is 13.8 Å². The van der Waals surface area contributed by atoms with Gasteiger partial charge in [-0.1, -0.05) is 0 Å². The van der Waals surface area contributed by atoms with Gasteiger partial charge in [0.25, 0.3) is 5.91 Å². The van der Waals surface area contributed by atoms with E-state index in [0.717, 1.165) is 0 Å². The van der Waals surface area contributed by atoms with E-state index in [0.29, 0.717) is 34.4 Å². The number of aromatic nitrogens is 2. The smallest absolute Gasteiger partial charge is 0.254 e. The van der Waals surface area contributed by atoms with Crippen LogP contribution in [0.3, 0.4) is 0 Å². The Labute approximate surface area is 146 Å². The molecule has 1 aromatic carbocycles. The number of nitrogens with one attached hydrogen (secondary N) is 2. The molecule has 2 aromatic rings. The van der Waals surface area contributed by atoms with E-state index in [4.69, 9.17) is 14.2 Å². The van der Waals surface area contributed by atoms with Crippen LogP contribution in [0.15, 0.2) is 24.5 Å². The summed E-state index contributed by atoms with van der Waals surface area (Å²) in [5, 5.41) is 5.83. The number of anilines is 2. The second-order valence-corrected chi connectivity index (χ2v) is 5.46. The zero-order chi connectivity index (χ0) is 18.4. The summed E-state index contributed by atoms with van der Waals surface area (Å²) in [6.07, 6.45) is 2.93. The highest BCUT2D eigenvalue weighted by Crippen LogP contribution is 2.40. The molecule has 0 unspecified atom stereocenters. The summed E-state index contributed by atoms with van der Waals surface area (Å²) in [5.74, 6) is 1.65. The molecular formula is C17H22N4O4. The zero-order valence-corrected chi connectivity index (χ0v) is 14.9. The summed E-state index contributed by atoms with van der Waals surface area (Å²) in [4.78, 5) is 20.2. The van der Waals surface area contributed by atoms with Crippen LogP contribution >= 0.6 is 0 Å². The Kier molecular flexibility index (Phi) is 5.99. The summed E-state index contributed by atoms with van der Waals surface area (Å²) in [6.45, 7) is 3.78. The number of carbonyl (C=O) groups excluding carboxylic acids is 1. The predicted octanol–water partition coefficient (Wildman–Crippen LogP) is 2.38. The van der Waals surface area contributed by atoms with Crippen LogP contribution in [0.4, 0.5) is 11.6 Å². The van der Waals surface area contributed by atoms with Crippen molar-refractivity contribution >= 4 is 17.5 Å². The number of rotatable bonds is 7. The van der Waals surface area contributed by atoms with Crippen molar-refractivity contribution in [1.29, 1.82) is 0 Å². The largest absolute Gasteiger partial charge is 0.493 e. The molecule has 0 radical (unpaired) electrons. The van der Waals surface area contributed by atoms with Crippen molar-refractivity contribution in [2.45, 2.75) is 19.9 Å². The Morgan fingerprint density at radius 2 is 1.56 bits per heavy atom. The van der Waals surface area contributed by atoms with Gasteiger partial charge in [-0.2, -0.15) is 0 Å². The van der Waals surface area contributed by atoms with Crippen LogP contribution < -0.4 is 24.8 Å². The molecule has 0 aliphatic heterocycles. The highest BCUT2D eigenvalue weighted by molar-refractivity contribution is 5.93. The lowest BCUT2D eigenvalue weighted by atomic mass is 10.2. The van der Waals surface area contributed by atoms with Crippen LogP contribution in [0.25, 0.3) is 0 Å². The summed E-state index contributed by atoms with van der Waals surface area (Å²) in [7, 11) is 4.62. The van der Waals surface area contributed by atoms with E-state index in [9.17, 15) is 4.79 Å². The third kappa shape index (κ3) is 4.50. The number of hydrogen-bond donors (Lipinski definition) is 2. The molecule has 0 atom stereocenters. The molecule has 134 valence electrons. The fourth-order valence-electron chi connectivity index (χ4n) is 2.14. The molecule has 0 bridgehead atoms. The molecule has 1 heterocycles. The maximum atomic E-state index is 11.9. The van der Waals surface area contributed by atoms with E-state index in [1.807, 2.05) is 13.8 Å². The van der Waals surface area contributed by atoms with Crippen molar-refractivity contribution in [1.82, 2.24) is 15.3 Å². The third-order valence-electron chi connectivity index (χ3n) is 3.25. The first kappa shape index (κ1) is 18.3. The van der Waals surface area contributed by atoms with E-state index in [1.54, 1.807) is 26.4 Å². The number of benzene rings is 1. The van der Waals surface area contributed by atoms with Crippen molar-refractivity contribution in [3.63, 3.8) is 0 Å². The molecule has 0 saturated heterocycles. The molecule has 25 heavy (non-hydrogen) atoms. The molecule has 0 spiro atoms. The average Bonchev–Trinajstić information content (AvgIpc) is 2.60. The monoisotopic (exact) mass is 346 g/mol. The van der Waals surface area contributed by atoms with E-state index in [2.05, 4.69) is 20.6 Å². The second-order valence-electron chi connectivity index (χ2n) is 5.46. The Bertz CT molecular complexity index is 707. The Morgan fingerprint density at radius 1 is 1.00 bits per heavy atom. The summed E-state index contributed by atoms with van der Waals surface area (Å²) in [5.41, 5.74) is 1.05. The standard InChI is InChI=1S/C17H22N4O4/c1-10(2)20-16(22)11-8-18-17(19-9-11)21-12-6-13(23-3)15(25-5)14(7-12)24-4/h6-10H,1-5H3,(H,20,22)(H,18,19,21). The Hall–Kier alpha value is -3.03. The van der Waals surface area contributed by atoms with Gasteiger partial charge < -0.3 is 24.8 Å². The van der Waals surface area contributed by atoms with Gasteiger partial charge in [-0.15, -0.1) is 0 Å². The first-order valence-electron chi connectivity index (χ1n) is 7.68.